The molecule has 1 saturated carbocycles. The van der Waals surface area contributed by atoms with Gasteiger partial charge in [0.25, 0.3) is 11.8 Å². The highest BCUT2D eigenvalue weighted by molar-refractivity contribution is 6.07. The second-order valence-corrected chi connectivity index (χ2v) is 9.02. The molecule has 3 fully saturated rings. The van der Waals surface area contributed by atoms with Gasteiger partial charge in [-0.05, 0) is 25.0 Å². The summed E-state index contributed by atoms with van der Waals surface area (Å²) < 4.78 is 10.5. The minimum atomic E-state index is -0.771. The van der Waals surface area contributed by atoms with Crippen molar-refractivity contribution in [3.8, 4) is 11.5 Å². The number of piperazine rings is 1. The van der Waals surface area contributed by atoms with Crippen molar-refractivity contribution in [2.45, 2.75) is 44.1 Å². The zero-order valence-corrected chi connectivity index (χ0v) is 19.8. The molecule has 3 aliphatic rings. The topological polar surface area (TPSA) is 108 Å². The van der Waals surface area contributed by atoms with Gasteiger partial charge in [-0.15, -0.1) is 0 Å². The molecule has 1 aliphatic carbocycles. The van der Waals surface area contributed by atoms with Crippen molar-refractivity contribution in [3.63, 3.8) is 0 Å². The highest BCUT2D eigenvalue weighted by Crippen LogP contribution is 2.33. The van der Waals surface area contributed by atoms with Crippen LogP contribution in [0.4, 0.5) is 4.79 Å². The fraction of sp³-hybridized carbons (Fsp3) is 0.583. The van der Waals surface area contributed by atoms with Crippen molar-refractivity contribution in [1.82, 2.24) is 20.0 Å². The summed E-state index contributed by atoms with van der Waals surface area (Å²) in [6.45, 7) is 1.66. The fourth-order valence-electron chi connectivity index (χ4n) is 5.04. The van der Waals surface area contributed by atoms with Gasteiger partial charge in [-0.3, -0.25) is 19.3 Å². The van der Waals surface area contributed by atoms with Crippen molar-refractivity contribution in [1.29, 1.82) is 0 Å². The fourth-order valence-corrected chi connectivity index (χ4v) is 5.04. The first kappa shape index (κ1) is 23.8. The zero-order valence-electron chi connectivity index (χ0n) is 19.8. The highest BCUT2D eigenvalue weighted by Gasteiger charge is 2.51. The number of carbonyl (C=O) groups is 4. The number of nitrogens with one attached hydrogen (secondary N) is 1. The molecule has 10 heteroatoms. The van der Waals surface area contributed by atoms with Crippen LogP contribution in [0.2, 0.25) is 0 Å². The predicted octanol–water partition coefficient (Wildman–Crippen LogP) is 1.63. The maximum absolute atomic E-state index is 13.0. The van der Waals surface area contributed by atoms with Crippen molar-refractivity contribution in [2.24, 2.45) is 0 Å². The molecule has 1 aromatic rings. The second-order valence-electron chi connectivity index (χ2n) is 9.02. The van der Waals surface area contributed by atoms with E-state index in [0.29, 0.717) is 56.1 Å². The second kappa shape index (κ2) is 9.90. The molecular formula is C24H32N4O6. The standard InChI is InChI=1S/C24H32N4O6/c1-33-17-6-7-18(19(16-17)34-2)21(30)27-14-12-26(13-15-27)20(29)8-11-28-22(31)24(25-23(28)32)9-4-3-5-10-24/h6-7,16H,3-5,8-15H2,1-2H3,(H,25,32). The van der Waals surface area contributed by atoms with Crippen LogP contribution in [0.1, 0.15) is 48.9 Å². The van der Waals surface area contributed by atoms with Gasteiger partial charge in [0.15, 0.2) is 0 Å². The van der Waals surface area contributed by atoms with E-state index in [1.165, 1.54) is 12.0 Å². The van der Waals surface area contributed by atoms with Gasteiger partial charge in [-0.25, -0.2) is 4.79 Å². The summed E-state index contributed by atoms with van der Waals surface area (Å²) in [5.41, 5.74) is -0.328. The number of hydrogen-bond acceptors (Lipinski definition) is 6. The molecule has 5 amide bonds. The minimum Gasteiger partial charge on any atom is -0.497 e. The van der Waals surface area contributed by atoms with Crippen molar-refractivity contribution < 1.29 is 28.7 Å². The number of nitrogens with zero attached hydrogens (tertiary/aromatic N) is 3. The molecule has 1 spiro atoms. The molecule has 34 heavy (non-hydrogen) atoms. The van der Waals surface area contributed by atoms with Crippen LogP contribution in [0.5, 0.6) is 11.5 Å². The number of rotatable bonds is 6. The maximum Gasteiger partial charge on any atom is 0.325 e. The van der Waals surface area contributed by atoms with E-state index in [0.717, 1.165) is 19.3 Å². The van der Waals surface area contributed by atoms with Crippen LogP contribution in [0.3, 0.4) is 0 Å². The molecule has 0 atom stereocenters. The first-order valence-corrected chi connectivity index (χ1v) is 11.8. The van der Waals surface area contributed by atoms with E-state index in [4.69, 9.17) is 9.47 Å². The third-order valence-electron chi connectivity index (χ3n) is 7.06. The summed E-state index contributed by atoms with van der Waals surface area (Å²) >= 11 is 0. The molecule has 0 bridgehead atoms. The Labute approximate surface area is 199 Å². The van der Waals surface area contributed by atoms with Crippen LogP contribution in [0.25, 0.3) is 0 Å². The minimum absolute atomic E-state index is 0.0768. The summed E-state index contributed by atoms with van der Waals surface area (Å²) in [6.07, 6.45) is 4.32. The first-order valence-electron chi connectivity index (χ1n) is 11.8. The van der Waals surface area contributed by atoms with Gasteiger partial charge in [0.05, 0.1) is 19.8 Å². The molecule has 10 nitrogen and oxygen atoms in total. The van der Waals surface area contributed by atoms with Crippen molar-refractivity contribution in [2.75, 3.05) is 46.9 Å². The number of hydrogen-bond donors (Lipinski definition) is 1. The molecule has 1 aromatic carbocycles. The van der Waals surface area contributed by atoms with Gasteiger partial charge >= 0.3 is 6.03 Å². The Balaban J connectivity index is 1.29. The third kappa shape index (κ3) is 4.53. The van der Waals surface area contributed by atoms with Gasteiger partial charge in [0.1, 0.15) is 17.0 Å². The SMILES string of the molecule is COc1ccc(C(=O)N2CCN(C(=O)CCN3C(=O)NC4(CCCCC4)C3=O)CC2)c(OC)c1. The molecule has 184 valence electrons. The van der Waals surface area contributed by atoms with Crippen molar-refractivity contribution >= 4 is 23.8 Å². The van der Waals surface area contributed by atoms with E-state index in [2.05, 4.69) is 5.32 Å². The van der Waals surface area contributed by atoms with Crippen LogP contribution < -0.4 is 14.8 Å². The lowest BCUT2D eigenvalue weighted by Crippen LogP contribution is -2.51. The van der Waals surface area contributed by atoms with Gasteiger partial charge in [-0.1, -0.05) is 19.3 Å². The Morgan fingerprint density at radius 3 is 2.29 bits per heavy atom. The summed E-state index contributed by atoms with van der Waals surface area (Å²) in [7, 11) is 3.05. The molecule has 1 N–H and O–H groups in total. The molecule has 2 heterocycles. The number of imide groups is 1. The van der Waals surface area contributed by atoms with Crippen LogP contribution in [0, 0.1) is 0 Å². The number of ether oxygens (including phenoxy) is 2. The van der Waals surface area contributed by atoms with Gasteiger partial charge in [-0.2, -0.15) is 0 Å². The lowest BCUT2D eigenvalue weighted by molar-refractivity contribution is -0.135. The number of urea groups is 1. The Kier molecular flexibility index (Phi) is 6.95. The van der Waals surface area contributed by atoms with E-state index >= 15 is 0 Å². The quantitative estimate of drug-likeness (QED) is 0.631. The summed E-state index contributed by atoms with van der Waals surface area (Å²) in [4.78, 5) is 55.6. The summed E-state index contributed by atoms with van der Waals surface area (Å²) in [5.74, 6) is 0.549. The lowest BCUT2D eigenvalue weighted by Gasteiger charge is -2.35. The number of carbonyl (C=O) groups excluding carboxylic acids is 4. The van der Waals surface area contributed by atoms with Crippen LogP contribution in [-0.4, -0.2) is 90.9 Å². The van der Waals surface area contributed by atoms with E-state index in [-0.39, 0.29) is 30.7 Å². The maximum atomic E-state index is 13.0. The van der Waals surface area contributed by atoms with E-state index in [1.807, 2.05) is 0 Å². The molecule has 4 rings (SSSR count). The van der Waals surface area contributed by atoms with Crippen molar-refractivity contribution in [3.05, 3.63) is 23.8 Å². The third-order valence-corrected chi connectivity index (χ3v) is 7.06. The molecule has 0 unspecified atom stereocenters. The Morgan fingerprint density at radius 1 is 0.971 bits per heavy atom. The van der Waals surface area contributed by atoms with Crippen LogP contribution >= 0.6 is 0 Å². The molecule has 0 aromatic heterocycles. The Hall–Kier alpha value is -3.30. The summed E-state index contributed by atoms with van der Waals surface area (Å²) in [6, 6.07) is 4.65. The monoisotopic (exact) mass is 472 g/mol. The average molecular weight is 473 g/mol. The lowest BCUT2D eigenvalue weighted by atomic mass is 9.82. The van der Waals surface area contributed by atoms with E-state index < -0.39 is 11.6 Å². The van der Waals surface area contributed by atoms with E-state index in [1.54, 1.807) is 35.1 Å². The normalized spacial score (nSPS) is 19.9. The smallest absolute Gasteiger partial charge is 0.325 e. The Bertz CT molecular complexity index is 966. The number of amides is 5. The Morgan fingerprint density at radius 2 is 1.65 bits per heavy atom. The average Bonchev–Trinajstić information content (AvgIpc) is 3.10. The molecular weight excluding hydrogens is 440 g/mol. The van der Waals surface area contributed by atoms with Crippen LogP contribution in [-0.2, 0) is 9.59 Å². The molecule has 2 aliphatic heterocycles. The van der Waals surface area contributed by atoms with Crippen LogP contribution in [0.15, 0.2) is 18.2 Å². The molecule has 2 saturated heterocycles. The number of methoxy groups -OCH3 is 2. The molecule has 0 radical (unpaired) electrons. The van der Waals surface area contributed by atoms with E-state index in [9.17, 15) is 19.2 Å². The van der Waals surface area contributed by atoms with Gasteiger partial charge < -0.3 is 24.6 Å². The highest BCUT2D eigenvalue weighted by atomic mass is 16.5. The van der Waals surface area contributed by atoms with Gasteiger partial charge in [0, 0.05) is 45.2 Å². The van der Waals surface area contributed by atoms with Gasteiger partial charge in [0.2, 0.25) is 5.91 Å². The zero-order chi connectivity index (χ0) is 24.3. The summed E-state index contributed by atoms with van der Waals surface area (Å²) in [5, 5.41) is 2.87. The first-order chi connectivity index (χ1) is 16.4. The predicted molar refractivity (Wildman–Crippen MR) is 123 cm³/mol. The largest absolute Gasteiger partial charge is 0.497 e. The number of benzene rings is 1.